The molecule has 2 nitrogen and oxygen atoms in total. The van der Waals surface area contributed by atoms with Crippen molar-refractivity contribution in [3.8, 4) is 6.07 Å². The molecular formula is C14H12BrF4NOS. The highest BCUT2D eigenvalue weighted by atomic mass is 79.9. The maximum atomic E-state index is 14.0. The van der Waals surface area contributed by atoms with Gasteiger partial charge in [0.15, 0.2) is 0 Å². The van der Waals surface area contributed by atoms with E-state index in [1.165, 1.54) is 19.1 Å². The van der Waals surface area contributed by atoms with Crippen molar-refractivity contribution >= 4 is 33.5 Å². The Hall–Kier alpha value is -1.07. The zero-order valence-electron chi connectivity index (χ0n) is 11.5. The summed E-state index contributed by atoms with van der Waals surface area (Å²) in [5.74, 6) is -2.52. The third-order valence-electron chi connectivity index (χ3n) is 3.03. The van der Waals surface area contributed by atoms with Crippen molar-refractivity contribution < 1.29 is 22.4 Å². The van der Waals surface area contributed by atoms with Crippen molar-refractivity contribution in [1.29, 1.82) is 5.26 Å². The molecule has 0 radical (unpaired) electrons. The number of carbonyl (C=O) groups excluding carboxylic acids is 1. The second-order valence-corrected chi connectivity index (χ2v) is 6.83. The van der Waals surface area contributed by atoms with Crippen LogP contribution in [0.15, 0.2) is 22.7 Å². The van der Waals surface area contributed by atoms with E-state index in [9.17, 15) is 22.4 Å². The Kier molecular flexibility index (Phi) is 6.44. The smallest absolute Gasteiger partial charge is 0.290 e. The normalized spacial score (nSPS) is 14.2. The first-order valence-electron chi connectivity index (χ1n) is 6.10. The summed E-state index contributed by atoms with van der Waals surface area (Å²) < 4.78 is 52.2. The molecule has 0 aliphatic rings. The van der Waals surface area contributed by atoms with Crippen molar-refractivity contribution in [1.82, 2.24) is 0 Å². The fourth-order valence-electron chi connectivity index (χ4n) is 1.96. The summed E-state index contributed by atoms with van der Waals surface area (Å²) in [5.41, 5.74) is -1.34. The fourth-order valence-corrected chi connectivity index (χ4v) is 3.22. The molecule has 1 aromatic rings. The number of halogens is 5. The van der Waals surface area contributed by atoms with Crippen molar-refractivity contribution in [2.45, 2.75) is 24.9 Å². The highest BCUT2D eigenvalue weighted by molar-refractivity contribution is 9.10. The summed E-state index contributed by atoms with van der Waals surface area (Å²) in [6, 6.07) is 5.77. The quantitative estimate of drug-likeness (QED) is 0.519. The van der Waals surface area contributed by atoms with Crippen molar-refractivity contribution in [2.75, 3.05) is 11.5 Å². The molecule has 0 fully saturated rings. The maximum absolute atomic E-state index is 14.0. The molecule has 0 bridgehead atoms. The summed E-state index contributed by atoms with van der Waals surface area (Å²) in [6.07, 6.45) is -5.84. The van der Waals surface area contributed by atoms with Gasteiger partial charge in [0.25, 0.3) is 0 Å². The Labute approximate surface area is 138 Å². The number of nitrogens with zero attached hydrogens (tertiary/aromatic N) is 1. The maximum Gasteiger partial charge on any atom is 0.450 e. The first-order chi connectivity index (χ1) is 10.1. The number of alkyl halides is 3. The van der Waals surface area contributed by atoms with Crippen LogP contribution in [0.1, 0.15) is 18.9 Å². The lowest BCUT2D eigenvalue weighted by Crippen LogP contribution is -2.35. The molecule has 0 saturated carbocycles. The molecule has 0 heterocycles. The van der Waals surface area contributed by atoms with Crippen LogP contribution < -0.4 is 0 Å². The molecule has 8 heteroatoms. The zero-order chi connectivity index (χ0) is 17.0. The lowest BCUT2D eigenvalue weighted by atomic mass is 9.79. The number of hydrogen-bond acceptors (Lipinski definition) is 3. The second kappa shape index (κ2) is 7.47. The standard InChI is InChI=1S/C14H12BrF4NOS/c1-13(8-22-5-4-20,7-12(21)14(17,18)19)10-6-9(15)2-3-11(10)16/h2-3,6H,5,7-8H2,1H3/t13-/m0/s1. The van der Waals surface area contributed by atoms with Gasteiger partial charge in [-0.15, -0.1) is 11.8 Å². The van der Waals surface area contributed by atoms with Gasteiger partial charge < -0.3 is 0 Å². The highest BCUT2D eigenvalue weighted by Gasteiger charge is 2.43. The molecule has 0 aliphatic carbocycles. The van der Waals surface area contributed by atoms with Gasteiger partial charge in [-0.1, -0.05) is 22.9 Å². The van der Waals surface area contributed by atoms with E-state index >= 15 is 0 Å². The molecule has 120 valence electrons. The van der Waals surface area contributed by atoms with E-state index in [2.05, 4.69) is 15.9 Å². The topological polar surface area (TPSA) is 40.9 Å². The Bertz CT molecular complexity index is 599. The SMILES string of the molecule is C[C@@](CSCC#N)(CC(=O)C(F)(F)F)c1cc(Br)ccc1F. The molecule has 1 aromatic carbocycles. The van der Waals surface area contributed by atoms with E-state index in [-0.39, 0.29) is 17.1 Å². The Morgan fingerprint density at radius 1 is 1.41 bits per heavy atom. The van der Waals surface area contributed by atoms with Crippen molar-refractivity contribution in [3.63, 3.8) is 0 Å². The highest BCUT2D eigenvalue weighted by Crippen LogP contribution is 2.37. The average Bonchev–Trinajstić information content (AvgIpc) is 2.40. The monoisotopic (exact) mass is 397 g/mol. The number of nitriles is 1. The van der Waals surface area contributed by atoms with E-state index in [0.29, 0.717) is 4.47 Å². The van der Waals surface area contributed by atoms with Crippen LogP contribution in [0.3, 0.4) is 0 Å². The van der Waals surface area contributed by atoms with Crippen LogP contribution in [0.4, 0.5) is 17.6 Å². The van der Waals surface area contributed by atoms with E-state index in [1.54, 1.807) is 0 Å². The van der Waals surface area contributed by atoms with Gasteiger partial charge >= 0.3 is 6.18 Å². The lowest BCUT2D eigenvalue weighted by Gasteiger charge is -2.30. The van der Waals surface area contributed by atoms with E-state index in [1.807, 2.05) is 6.07 Å². The van der Waals surface area contributed by atoms with E-state index in [4.69, 9.17) is 5.26 Å². The summed E-state index contributed by atoms with van der Waals surface area (Å²) in [4.78, 5) is 11.3. The fraction of sp³-hybridized carbons (Fsp3) is 0.429. The third-order valence-corrected chi connectivity index (χ3v) is 4.70. The number of thioether (sulfide) groups is 1. The minimum absolute atomic E-state index is 0.0184. The summed E-state index contributed by atoms with van der Waals surface area (Å²) in [5, 5.41) is 8.54. The number of benzene rings is 1. The van der Waals surface area contributed by atoms with Gasteiger partial charge in [0.05, 0.1) is 11.8 Å². The van der Waals surface area contributed by atoms with Crippen LogP contribution in [-0.4, -0.2) is 23.5 Å². The van der Waals surface area contributed by atoms with Gasteiger partial charge in [0, 0.05) is 22.1 Å². The molecule has 0 aromatic heterocycles. The van der Waals surface area contributed by atoms with Gasteiger partial charge in [0.1, 0.15) is 5.82 Å². The molecular weight excluding hydrogens is 386 g/mol. The van der Waals surface area contributed by atoms with E-state index < -0.39 is 29.6 Å². The second-order valence-electron chi connectivity index (χ2n) is 4.93. The number of ketones is 1. The molecule has 0 saturated heterocycles. The van der Waals surface area contributed by atoms with Crippen molar-refractivity contribution in [3.05, 3.63) is 34.1 Å². The predicted molar refractivity (Wildman–Crippen MR) is 80.1 cm³/mol. The Morgan fingerprint density at radius 3 is 2.59 bits per heavy atom. The first-order valence-corrected chi connectivity index (χ1v) is 8.05. The molecule has 22 heavy (non-hydrogen) atoms. The minimum Gasteiger partial charge on any atom is -0.290 e. The molecule has 0 aliphatic heterocycles. The zero-order valence-corrected chi connectivity index (χ0v) is 13.9. The van der Waals surface area contributed by atoms with Gasteiger partial charge in [-0.2, -0.15) is 18.4 Å². The van der Waals surface area contributed by atoms with Crippen LogP contribution in [0.25, 0.3) is 0 Å². The van der Waals surface area contributed by atoms with Crippen LogP contribution in [0, 0.1) is 17.1 Å². The average molecular weight is 398 g/mol. The van der Waals surface area contributed by atoms with Crippen LogP contribution in [0.5, 0.6) is 0 Å². The van der Waals surface area contributed by atoms with Crippen molar-refractivity contribution in [2.24, 2.45) is 0 Å². The number of hydrogen-bond donors (Lipinski definition) is 0. The molecule has 0 unspecified atom stereocenters. The molecule has 0 spiro atoms. The van der Waals surface area contributed by atoms with Crippen LogP contribution >= 0.6 is 27.7 Å². The third kappa shape index (κ3) is 4.99. The lowest BCUT2D eigenvalue weighted by molar-refractivity contribution is -0.172. The number of Topliss-reactive ketones (excluding diaryl/α,β-unsaturated/α-hetero) is 1. The van der Waals surface area contributed by atoms with Crippen LogP contribution in [-0.2, 0) is 10.2 Å². The predicted octanol–water partition coefficient (Wildman–Crippen LogP) is 4.62. The van der Waals surface area contributed by atoms with Gasteiger partial charge in [-0.3, -0.25) is 4.79 Å². The molecule has 1 atom stereocenters. The Balaban J connectivity index is 3.19. The number of rotatable bonds is 6. The molecule has 0 N–H and O–H groups in total. The summed E-state index contributed by atoms with van der Waals surface area (Å²) >= 11 is 4.20. The number of carbonyl (C=O) groups is 1. The largest absolute Gasteiger partial charge is 0.450 e. The summed E-state index contributed by atoms with van der Waals surface area (Å²) in [7, 11) is 0. The molecule has 0 amide bonds. The Morgan fingerprint density at radius 2 is 2.05 bits per heavy atom. The summed E-state index contributed by atoms with van der Waals surface area (Å²) in [6.45, 7) is 1.39. The van der Waals surface area contributed by atoms with E-state index in [0.717, 1.165) is 17.8 Å². The van der Waals surface area contributed by atoms with Gasteiger partial charge in [0.2, 0.25) is 5.78 Å². The first kappa shape index (κ1) is 19.0. The van der Waals surface area contributed by atoms with Gasteiger partial charge in [-0.05, 0) is 23.8 Å². The molecule has 1 rings (SSSR count). The van der Waals surface area contributed by atoms with Gasteiger partial charge in [-0.25, -0.2) is 4.39 Å². The van der Waals surface area contributed by atoms with Crippen LogP contribution in [0.2, 0.25) is 0 Å². The minimum atomic E-state index is -4.97.